The number of benzene rings is 2. The summed E-state index contributed by atoms with van der Waals surface area (Å²) in [5.41, 5.74) is -2.62. The Bertz CT molecular complexity index is 3290. The first kappa shape index (κ1) is 74.3. The average molecular weight is 1310 g/mol. The van der Waals surface area contributed by atoms with E-state index in [1.54, 1.807) is 0 Å². The second-order valence-electron chi connectivity index (χ2n) is 25.7. The minimum atomic E-state index is -0.783. The maximum absolute atomic E-state index is 16.0. The molecule has 0 saturated carbocycles. The molecule has 0 amide bonds. The lowest BCUT2D eigenvalue weighted by atomic mass is 9.92. The molecule has 2 atom stereocenters. The Balaban J connectivity index is 1.68. The van der Waals surface area contributed by atoms with E-state index < -0.39 is 34.2 Å². The lowest BCUT2D eigenvalue weighted by molar-refractivity contribution is -0.137. The van der Waals surface area contributed by atoms with E-state index in [1.165, 1.54) is 99.0 Å². The number of nitriles is 1. The summed E-state index contributed by atoms with van der Waals surface area (Å²) in [7, 11) is 0. The van der Waals surface area contributed by atoms with Crippen LogP contribution in [0.5, 0.6) is 0 Å². The van der Waals surface area contributed by atoms with Crippen LogP contribution in [0, 0.1) is 29.7 Å². The van der Waals surface area contributed by atoms with Crippen LogP contribution < -0.4 is 29.9 Å². The monoisotopic (exact) mass is 1310 g/mol. The number of ether oxygens (including phenoxy) is 2. The van der Waals surface area contributed by atoms with Gasteiger partial charge in [0.25, 0.3) is 27.9 Å². The summed E-state index contributed by atoms with van der Waals surface area (Å²) in [5.74, 6) is -1.56. The SMILES string of the molecule is [C-]#[N+]C(C(=O)OCCCCCC)=c1sc2c(s1)c1c(=O)n(CC(CCCCCCCC)CCCCCCCCCC)c(=O)c3c4sc(=C(C#N)C(=O)OCCCCCC)sc4c4c(=O)n(CC(CCCCCCCC)CCCCCCCCCC)c(=O)c2c4c31. The molecule has 0 radical (unpaired) electrons. The molecule has 0 N–H and O–H groups in total. The summed E-state index contributed by atoms with van der Waals surface area (Å²) in [6.45, 7) is 22.1. The number of rotatable bonds is 48. The smallest absolute Gasteiger partial charge is 0.351 e. The van der Waals surface area contributed by atoms with Crippen LogP contribution >= 0.6 is 45.3 Å². The van der Waals surface area contributed by atoms with Gasteiger partial charge >= 0.3 is 11.9 Å². The van der Waals surface area contributed by atoms with Gasteiger partial charge in [-0.05, 0) is 50.4 Å². The highest BCUT2D eigenvalue weighted by atomic mass is 32.2. The van der Waals surface area contributed by atoms with Gasteiger partial charge in [0, 0.05) is 23.9 Å². The first-order valence-electron chi connectivity index (χ1n) is 35.7. The lowest BCUT2D eigenvalue weighted by Gasteiger charge is -2.21. The van der Waals surface area contributed by atoms with Gasteiger partial charge in [-0.25, -0.2) is 9.64 Å². The zero-order valence-corrected chi connectivity index (χ0v) is 59.2. The van der Waals surface area contributed by atoms with E-state index in [1.807, 2.05) is 0 Å². The number of nitrogens with zero attached hydrogens (tertiary/aromatic N) is 4. The van der Waals surface area contributed by atoms with Gasteiger partial charge in [0.05, 0.1) is 64.0 Å². The van der Waals surface area contributed by atoms with Crippen molar-refractivity contribution in [3.05, 3.63) is 60.5 Å². The Morgan fingerprint density at radius 1 is 0.400 bits per heavy atom. The molecule has 2 aromatic carbocycles. The van der Waals surface area contributed by atoms with E-state index in [2.05, 4.69) is 52.5 Å². The van der Waals surface area contributed by atoms with E-state index >= 15 is 19.2 Å². The van der Waals surface area contributed by atoms with Gasteiger partial charge in [-0.3, -0.25) is 33.1 Å². The number of fused-ring (bicyclic) bond motifs is 6. The number of hydrogen-bond acceptors (Lipinski definition) is 13. The molecule has 4 heterocycles. The number of carbonyl (C=O) groups is 2. The summed E-state index contributed by atoms with van der Waals surface area (Å²) >= 11 is 4.36. The number of unbranched alkanes of at least 4 members (excludes halogenated alkanes) is 30. The fourth-order valence-corrected chi connectivity index (χ4v) is 18.6. The van der Waals surface area contributed by atoms with Crippen molar-refractivity contribution in [2.24, 2.45) is 11.8 Å². The van der Waals surface area contributed by atoms with Crippen LogP contribution in [0.3, 0.4) is 0 Å². The average Bonchev–Trinajstić information content (AvgIpc) is 1.25. The number of aromatic nitrogens is 2. The lowest BCUT2D eigenvalue weighted by Crippen LogP contribution is -2.38. The fraction of sp³-hybridized carbons (Fsp3) is 0.703. The predicted molar refractivity (Wildman–Crippen MR) is 384 cm³/mol. The molecule has 90 heavy (non-hydrogen) atoms. The first-order valence-corrected chi connectivity index (χ1v) is 39.0. The van der Waals surface area contributed by atoms with E-state index in [0.717, 1.165) is 199 Å². The summed E-state index contributed by atoms with van der Waals surface area (Å²) in [6, 6.07) is 2.14. The van der Waals surface area contributed by atoms with Gasteiger partial charge in [-0.2, -0.15) is 5.26 Å². The maximum Gasteiger partial charge on any atom is 0.351 e. The molecule has 4 aromatic heterocycles. The van der Waals surface area contributed by atoms with Crippen LogP contribution in [-0.4, -0.2) is 34.3 Å². The van der Waals surface area contributed by atoms with Crippen molar-refractivity contribution in [1.29, 1.82) is 5.26 Å². The molecule has 0 aliphatic rings. The molecule has 6 aromatic rings. The van der Waals surface area contributed by atoms with Crippen molar-refractivity contribution in [3.8, 4) is 6.07 Å². The number of hydrogen-bond donors (Lipinski definition) is 0. The van der Waals surface area contributed by atoms with Crippen LogP contribution in [0.2, 0.25) is 0 Å². The topological polar surface area (TPSA) is 159 Å². The highest BCUT2D eigenvalue weighted by Crippen LogP contribution is 2.45. The van der Waals surface area contributed by atoms with Gasteiger partial charge in [-0.1, -0.05) is 260 Å². The molecule has 0 saturated heterocycles. The van der Waals surface area contributed by atoms with Crippen LogP contribution in [0.1, 0.15) is 298 Å². The largest absolute Gasteiger partial charge is 0.471 e. The molecule has 6 rings (SSSR count). The van der Waals surface area contributed by atoms with Crippen molar-refractivity contribution in [1.82, 2.24) is 9.13 Å². The van der Waals surface area contributed by atoms with E-state index in [4.69, 9.17) is 16.0 Å². The highest BCUT2D eigenvalue weighted by molar-refractivity contribution is 7.38. The molecule has 496 valence electrons. The molecule has 0 aliphatic carbocycles. The van der Waals surface area contributed by atoms with E-state index in [9.17, 15) is 14.9 Å². The van der Waals surface area contributed by atoms with E-state index in [-0.39, 0.29) is 89.4 Å². The van der Waals surface area contributed by atoms with Crippen molar-refractivity contribution < 1.29 is 19.1 Å². The number of pyridine rings is 2. The van der Waals surface area contributed by atoms with Gasteiger partial charge in [0.15, 0.2) is 5.57 Å². The van der Waals surface area contributed by atoms with Crippen LogP contribution in [0.4, 0.5) is 0 Å². The Morgan fingerprint density at radius 3 is 0.956 bits per heavy atom. The Kier molecular flexibility index (Phi) is 33.9. The molecular weight excluding hydrogens is 1200 g/mol. The van der Waals surface area contributed by atoms with E-state index in [0.29, 0.717) is 31.6 Å². The predicted octanol–water partition coefficient (Wildman–Crippen LogP) is 19.9. The molecule has 16 heteroatoms. The summed E-state index contributed by atoms with van der Waals surface area (Å²) in [4.78, 5) is 96.0. The van der Waals surface area contributed by atoms with Crippen molar-refractivity contribution in [3.63, 3.8) is 0 Å². The molecule has 0 aliphatic heterocycles. The maximum atomic E-state index is 16.0. The first-order chi connectivity index (χ1) is 44.0. The summed E-state index contributed by atoms with van der Waals surface area (Å²) in [5, 5.41) is 11.9. The van der Waals surface area contributed by atoms with Gasteiger partial charge < -0.3 is 9.47 Å². The normalized spacial score (nSPS) is 12.4. The molecule has 0 fully saturated rings. The second kappa shape index (κ2) is 41.1. The van der Waals surface area contributed by atoms with Crippen molar-refractivity contribution >= 4 is 120 Å². The van der Waals surface area contributed by atoms with Crippen molar-refractivity contribution in [2.45, 2.75) is 311 Å². The number of esters is 2. The fourth-order valence-electron chi connectivity index (χ4n) is 13.1. The standard InChI is InChI=1S/C74H108N4O8S4/c1-8-14-20-26-30-32-36-40-46-53(44-38-34-28-22-16-10-3)51-77-67(79)58-56-57-59(64-63(58)87-73(88-64)55(50-75)71(83)85-48-42-24-18-12-5)68(80)78(52-54(45-39-35-29-23-17-11-4)47-41-37-33-31-27-21-15-9-2)70(82)61(57)66-65(60(56)69(77)81)89-74(90-66)62(76-7)72(84)86-49-43-25-19-13-6/h53-54H,8-49,51-52H2,1-6H3. The minimum Gasteiger partial charge on any atom is -0.471 e. The van der Waals surface area contributed by atoms with Gasteiger partial charge in [-0.15, -0.1) is 45.3 Å². The molecule has 12 nitrogen and oxygen atoms in total. The Hall–Kier alpha value is -4.74. The third-order valence-electron chi connectivity index (χ3n) is 18.4. The van der Waals surface area contributed by atoms with Gasteiger partial charge in [0.1, 0.15) is 9.92 Å². The summed E-state index contributed by atoms with van der Waals surface area (Å²) in [6.07, 6.45) is 42.2. The molecule has 2 unspecified atom stereocenters. The van der Waals surface area contributed by atoms with Crippen LogP contribution in [0.25, 0.3) is 67.2 Å². The van der Waals surface area contributed by atoms with Gasteiger partial charge in [0.2, 0.25) is 0 Å². The number of carbonyl (C=O) groups excluding carboxylic acids is 2. The van der Waals surface area contributed by atoms with Crippen LogP contribution in [-0.2, 0) is 32.2 Å². The summed E-state index contributed by atoms with van der Waals surface area (Å²) < 4.78 is 16.3. The van der Waals surface area contributed by atoms with Crippen LogP contribution in [0.15, 0.2) is 19.2 Å². The molecule has 0 spiro atoms. The molecule has 0 bridgehead atoms. The third kappa shape index (κ3) is 20.6. The molecular formula is C74H108N4O8S4. The van der Waals surface area contributed by atoms with Crippen molar-refractivity contribution in [2.75, 3.05) is 13.2 Å². The highest BCUT2D eigenvalue weighted by Gasteiger charge is 2.32. The zero-order valence-electron chi connectivity index (χ0n) is 56.0. The quantitative estimate of drug-likeness (QED) is 0.0157. The Labute approximate surface area is 552 Å². The third-order valence-corrected chi connectivity index (χ3v) is 23.7. The minimum absolute atomic E-state index is 0.000370. The zero-order chi connectivity index (χ0) is 64.6. The second-order valence-corrected chi connectivity index (χ2v) is 30.3. The Morgan fingerprint density at radius 2 is 0.667 bits per heavy atom.